The van der Waals surface area contributed by atoms with E-state index in [1.54, 1.807) is 12.1 Å². The van der Waals surface area contributed by atoms with Gasteiger partial charge in [-0.05, 0) is 41.6 Å². The van der Waals surface area contributed by atoms with Crippen LogP contribution in [-0.4, -0.2) is 12.1 Å². The number of ketones is 1. The lowest BCUT2D eigenvalue weighted by Gasteiger charge is -2.04. The summed E-state index contributed by atoms with van der Waals surface area (Å²) in [6.07, 6.45) is 0.612. The number of benzene rings is 1. The number of rotatable bonds is 2. The molecule has 0 N–H and O–H groups in total. The molecule has 0 aliphatic carbocycles. The first-order valence-electron chi connectivity index (χ1n) is 3.52. The molecule has 0 aliphatic rings. The van der Waals surface area contributed by atoms with Gasteiger partial charge in [0.1, 0.15) is 0 Å². The summed E-state index contributed by atoms with van der Waals surface area (Å²) in [6.45, 7) is 1.42. The first-order chi connectivity index (χ1) is 6.07. The summed E-state index contributed by atoms with van der Waals surface area (Å²) in [6, 6.07) is 3.33. The van der Waals surface area contributed by atoms with Crippen molar-refractivity contribution in [1.29, 1.82) is 0 Å². The summed E-state index contributed by atoms with van der Waals surface area (Å²) in [4.78, 5) is 21.8. The number of Topliss-reactive ketones (excluding diaryl/α,β-unsaturated/α-hetero) is 1. The van der Waals surface area contributed by atoms with E-state index in [4.69, 9.17) is 11.6 Å². The van der Waals surface area contributed by atoms with Crippen LogP contribution in [0.4, 0.5) is 0 Å². The van der Waals surface area contributed by atoms with E-state index < -0.39 is 0 Å². The second-order valence-electron chi connectivity index (χ2n) is 2.49. The van der Waals surface area contributed by atoms with Crippen molar-refractivity contribution in [3.63, 3.8) is 0 Å². The van der Waals surface area contributed by atoms with Gasteiger partial charge in [-0.15, -0.1) is 0 Å². The number of hydrogen-bond donors (Lipinski definition) is 0. The molecule has 0 fully saturated rings. The molecule has 0 spiro atoms. The first-order valence-corrected chi connectivity index (χ1v) is 4.97. The van der Waals surface area contributed by atoms with E-state index in [2.05, 4.69) is 0 Å². The second-order valence-corrected chi connectivity index (χ2v) is 4.06. The highest BCUT2D eigenvalue weighted by molar-refractivity contribution is 14.1. The highest BCUT2D eigenvalue weighted by atomic mass is 127. The first kappa shape index (κ1) is 10.7. The van der Waals surface area contributed by atoms with Crippen LogP contribution in [0.2, 0.25) is 5.02 Å². The summed E-state index contributed by atoms with van der Waals surface area (Å²) in [5, 5.41) is 0.320. The van der Waals surface area contributed by atoms with E-state index in [1.165, 1.54) is 6.92 Å². The van der Waals surface area contributed by atoms with E-state index in [-0.39, 0.29) is 11.3 Å². The van der Waals surface area contributed by atoms with Crippen molar-refractivity contribution in [2.45, 2.75) is 6.92 Å². The van der Waals surface area contributed by atoms with E-state index in [9.17, 15) is 9.59 Å². The van der Waals surface area contributed by atoms with Crippen molar-refractivity contribution in [1.82, 2.24) is 0 Å². The molecule has 0 saturated carbocycles. The van der Waals surface area contributed by atoms with Gasteiger partial charge in [0, 0.05) is 14.7 Å². The lowest BCUT2D eigenvalue weighted by atomic mass is 10.1. The number of aldehydes is 1. The second kappa shape index (κ2) is 4.19. The smallest absolute Gasteiger partial charge is 0.161 e. The summed E-state index contributed by atoms with van der Waals surface area (Å²) < 4.78 is 0.747. The molecule has 4 heteroatoms. The van der Waals surface area contributed by atoms with Crippen LogP contribution in [-0.2, 0) is 0 Å². The fourth-order valence-electron chi connectivity index (χ4n) is 1.04. The molecular formula is C9H6ClIO2. The Labute approximate surface area is 94.4 Å². The maximum Gasteiger partial charge on any atom is 0.161 e. The normalized spacial score (nSPS) is 9.77. The zero-order chi connectivity index (χ0) is 10.0. The van der Waals surface area contributed by atoms with Crippen molar-refractivity contribution in [3.05, 3.63) is 31.9 Å². The van der Waals surface area contributed by atoms with Gasteiger partial charge >= 0.3 is 0 Å². The van der Waals surface area contributed by atoms with Crippen molar-refractivity contribution >= 4 is 46.3 Å². The average Bonchev–Trinajstić information content (AvgIpc) is 2.07. The van der Waals surface area contributed by atoms with E-state index in [1.807, 2.05) is 22.6 Å². The van der Waals surface area contributed by atoms with Crippen LogP contribution in [0.25, 0.3) is 0 Å². The zero-order valence-electron chi connectivity index (χ0n) is 6.80. The lowest BCUT2D eigenvalue weighted by molar-refractivity contribution is 0.100. The molecule has 0 aliphatic heterocycles. The van der Waals surface area contributed by atoms with Crippen LogP contribution in [0.3, 0.4) is 0 Å². The van der Waals surface area contributed by atoms with Crippen LogP contribution >= 0.6 is 34.2 Å². The third-order valence-electron chi connectivity index (χ3n) is 1.61. The van der Waals surface area contributed by atoms with Gasteiger partial charge < -0.3 is 0 Å². The molecule has 0 atom stereocenters. The van der Waals surface area contributed by atoms with Gasteiger partial charge in [0.25, 0.3) is 0 Å². The Kier molecular flexibility index (Phi) is 3.44. The molecule has 0 aromatic heterocycles. The summed E-state index contributed by atoms with van der Waals surface area (Å²) in [5.74, 6) is -0.144. The largest absolute Gasteiger partial charge is 0.298 e. The maximum atomic E-state index is 11.2. The zero-order valence-corrected chi connectivity index (χ0v) is 9.72. The molecule has 1 aromatic rings. The standard InChI is InChI=1S/C9H6ClIO2/c1-5(13)9-6(4-12)7(10)2-3-8(9)11/h2-4H,1H3. The molecular weight excluding hydrogens is 302 g/mol. The van der Waals surface area contributed by atoms with Crippen molar-refractivity contribution in [2.24, 2.45) is 0 Å². The predicted octanol–water partition coefficient (Wildman–Crippen LogP) is 2.96. The lowest BCUT2D eigenvalue weighted by Crippen LogP contribution is -2.02. The highest BCUT2D eigenvalue weighted by Crippen LogP contribution is 2.23. The van der Waals surface area contributed by atoms with Gasteiger partial charge in [0.2, 0.25) is 0 Å². The van der Waals surface area contributed by atoms with Crippen LogP contribution < -0.4 is 0 Å². The Hall–Kier alpha value is -0.420. The Morgan fingerprint density at radius 2 is 2.15 bits per heavy atom. The fourth-order valence-corrected chi connectivity index (χ4v) is 2.09. The van der Waals surface area contributed by atoms with Crippen molar-refractivity contribution < 1.29 is 9.59 Å². The minimum Gasteiger partial charge on any atom is -0.298 e. The molecule has 0 radical (unpaired) electrons. The highest BCUT2D eigenvalue weighted by Gasteiger charge is 2.13. The number of halogens is 2. The molecule has 0 unspecified atom stereocenters. The average molecular weight is 309 g/mol. The van der Waals surface area contributed by atoms with E-state index in [0.29, 0.717) is 16.9 Å². The van der Waals surface area contributed by atoms with Crippen LogP contribution in [0.5, 0.6) is 0 Å². The molecule has 2 nitrogen and oxygen atoms in total. The fraction of sp³-hybridized carbons (Fsp3) is 0.111. The molecule has 13 heavy (non-hydrogen) atoms. The summed E-state index contributed by atoms with van der Waals surface area (Å²) in [5.41, 5.74) is 0.684. The molecule has 1 aromatic carbocycles. The number of carbonyl (C=O) groups is 2. The maximum absolute atomic E-state index is 11.2. The van der Waals surface area contributed by atoms with Crippen molar-refractivity contribution in [2.75, 3.05) is 0 Å². The van der Waals surface area contributed by atoms with Crippen LogP contribution in [0.15, 0.2) is 12.1 Å². The van der Waals surface area contributed by atoms with Gasteiger partial charge in [0.15, 0.2) is 12.1 Å². The minimum atomic E-state index is -0.144. The molecule has 0 heterocycles. The topological polar surface area (TPSA) is 34.1 Å². The Morgan fingerprint density at radius 3 is 2.54 bits per heavy atom. The monoisotopic (exact) mass is 308 g/mol. The Bertz CT molecular complexity index is 374. The third-order valence-corrected chi connectivity index (χ3v) is 2.84. The van der Waals surface area contributed by atoms with Gasteiger partial charge in [-0.25, -0.2) is 0 Å². The van der Waals surface area contributed by atoms with E-state index >= 15 is 0 Å². The van der Waals surface area contributed by atoms with Crippen molar-refractivity contribution in [3.8, 4) is 0 Å². The van der Waals surface area contributed by atoms with Gasteiger partial charge in [0.05, 0.1) is 5.02 Å². The SMILES string of the molecule is CC(=O)c1c(I)ccc(Cl)c1C=O. The third kappa shape index (κ3) is 2.08. The predicted molar refractivity (Wildman–Crippen MR) is 59.6 cm³/mol. The molecule has 0 amide bonds. The summed E-state index contributed by atoms with van der Waals surface area (Å²) >= 11 is 7.76. The molecule has 68 valence electrons. The number of carbonyl (C=O) groups excluding carboxylic acids is 2. The van der Waals surface area contributed by atoms with Gasteiger partial charge in [-0.3, -0.25) is 9.59 Å². The Morgan fingerprint density at radius 1 is 1.54 bits per heavy atom. The van der Waals surface area contributed by atoms with Crippen LogP contribution in [0, 0.1) is 3.57 Å². The van der Waals surface area contributed by atoms with E-state index in [0.717, 1.165) is 3.57 Å². The quantitative estimate of drug-likeness (QED) is 0.478. The molecule has 1 rings (SSSR count). The van der Waals surface area contributed by atoms with Gasteiger partial charge in [-0.1, -0.05) is 11.6 Å². The summed E-state index contributed by atoms with van der Waals surface area (Å²) in [7, 11) is 0. The molecule has 0 bridgehead atoms. The van der Waals surface area contributed by atoms with Crippen LogP contribution in [0.1, 0.15) is 27.6 Å². The number of hydrogen-bond acceptors (Lipinski definition) is 2. The Balaban J connectivity index is 3.52. The molecule has 0 saturated heterocycles. The van der Waals surface area contributed by atoms with Gasteiger partial charge in [-0.2, -0.15) is 0 Å². The minimum absolute atomic E-state index is 0.144.